The lowest BCUT2D eigenvalue weighted by atomic mass is 9.89. The van der Waals surface area contributed by atoms with Crippen LogP contribution in [-0.4, -0.2) is 184 Å². The summed E-state index contributed by atoms with van der Waals surface area (Å²) < 4.78 is 0. The van der Waals surface area contributed by atoms with Crippen LogP contribution in [0.4, 0.5) is 28.4 Å². The molecule has 26 heteroatoms. The van der Waals surface area contributed by atoms with Crippen LogP contribution in [0, 0.1) is 11.8 Å². The Labute approximate surface area is 571 Å². The number of hydrogen-bond acceptors (Lipinski definition) is 19. The zero-order valence-corrected chi connectivity index (χ0v) is 57.4. The van der Waals surface area contributed by atoms with Crippen molar-refractivity contribution < 1.29 is 43.2 Å². The Morgan fingerprint density at radius 1 is 0.340 bits per heavy atom. The molecule has 97 heavy (non-hydrogen) atoms. The van der Waals surface area contributed by atoms with Crippen molar-refractivity contribution in [1.29, 1.82) is 0 Å². The van der Waals surface area contributed by atoms with Gasteiger partial charge in [0.15, 0.2) is 11.6 Å². The molecule has 0 spiro atoms. The van der Waals surface area contributed by atoms with E-state index in [4.69, 9.17) is 5.73 Å². The Balaban J connectivity index is 1.29. The fourth-order valence-electron chi connectivity index (χ4n) is 10.9. The number of pyridine rings is 5. The van der Waals surface area contributed by atoms with Crippen molar-refractivity contribution in [3.8, 4) is 0 Å². The zero-order chi connectivity index (χ0) is 70.0. The quantitative estimate of drug-likeness (QED) is 0.0241. The summed E-state index contributed by atoms with van der Waals surface area (Å²) in [5.74, 6) is -4.89. The average molecular weight is 1340 g/mol. The molecule has 0 aliphatic rings. The van der Waals surface area contributed by atoms with E-state index in [9.17, 15) is 43.2 Å². The number of Topliss-reactive ketones (excluding diaryl/α,β-unsaturated/α-hetero) is 2. The highest BCUT2D eigenvalue weighted by Gasteiger charge is 2.32. The van der Waals surface area contributed by atoms with Gasteiger partial charge in [-0.25, -0.2) is 0 Å². The molecule has 5 rings (SSSR count). The lowest BCUT2D eigenvalue weighted by Crippen LogP contribution is -2.47. The van der Waals surface area contributed by atoms with Gasteiger partial charge in [-0.2, -0.15) is 0 Å². The largest absolute Gasteiger partial charge is 0.374 e. The average Bonchev–Trinajstić information content (AvgIpc) is 1.21. The van der Waals surface area contributed by atoms with Gasteiger partial charge in [-0.1, -0.05) is 12.8 Å². The number of rotatable bonds is 50. The molecule has 8 N–H and O–H groups in total. The Kier molecular flexibility index (Phi) is 36.2. The van der Waals surface area contributed by atoms with Gasteiger partial charge < -0.3 is 62.1 Å². The molecule has 5 heterocycles. The molecule has 26 nitrogen and oxygen atoms in total. The van der Waals surface area contributed by atoms with Crippen LogP contribution >= 0.6 is 0 Å². The third kappa shape index (κ3) is 31.7. The molecule has 4 atom stereocenters. The highest BCUT2D eigenvalue weighted by Crippen LogP contribution is 2.22. The van der Waals surface area contributed by atoms with Crippen LogP contribution in [0.2, 0.25) is 0 Å². The molecule has 0 radical (unpaired) electrons. The lowest BCUT2D eigenvalue weighted by Gasteiger charge is -2.25. The van der Waals surface area contributed by atoms with Crippen LogP contribution in [-0.2, 0) is 43.2 Å². The van der Waals surface area contributed by atoms with Gasteiger partial charge >= 0.3 is 0 Å². The maximum atomic E-state index is 15.0. The Morgan fingerprint density at radius 2 is 0.588 bits per heavy atom. The second kappa shape index (κ2) is 44.9. The summed E-state index contributed by atoms with van der Waals surface area (Å²) in [4.78, 5) is 153. The number of ketones is 2. The Hall–Kier alpha value is -9.62. The summed E-state index contributed by atoms with van der Waals surface area (Å²) in [6.07, 6.45) is 21.7. The number of nitrogens with zero attached hydrogens (tertiary/aromatic N) is 10. The molecule has 5 aromatic rings. The summed E-state index contributed by atoms with van der Waals surface area (Å²) in [5, 5.41) is 17.8. The van der Waals surface area contributed by atoms with Crippen LogP contribution in [0.5, 0.6) is 0 Å². The van der Waals surface area contributed by atoms with Gasteiger partial charge in [0.2, 0.25) is 41.4 Å². The SMILES string of the molecule is CN(CCC(=O)NCCCC[C@H](CC(=O)[C@H](CCCCNC(=O)CCN(C)c1ccncc1)NC(=O)[C@H](CCCCNC(=O)CCN(C)c1ccncc1)CC(=O)[C@H](CCCCNC(=O)CCN(C)c1ccncc1)NC(=O)CCN(C)c1ccncc1)C(N)=O)c1ccncc1. The first-order chi connectivity index (χ1) is 46.9. The fraction of sp³-hybridized carbons (Fsp3) is 0.521. The number of carbonyl (C=O) groups excluding carboxylic acids is 9. The number of primary amides is 1. The molecule has 0 saturated carbocycles. The standard InChI is InChI=1S/C71H103N17O9/c1-84(56-18-37-73-38-19-56)47-28-65(91)78-33-10-6-14-54(70(72)96)52-63(89)62(17-9-13-36-81-68(94)31-50-87(4)59-24-43-76-44-25-59)83-71(97)55(15-7-11-34-79-66(92)29-48-85(2)57-20-39-74-40-21-57)53-64(90)61(82-69(95)32-51-88(5)60-26-45-77-46-27-60)16-8-12-35-80-67(93)30-49-86(3)58-22-41-75-42-23-58/h18-27,37-46,54-55,61-62H,6-17,28-36,47-53H2,1-5H3,(H2,72,96)(H,78,91)(H,79,92)(H,80,93)(H,81,94)(H,82,95)(H,83,97)/t54-,55-,61+,62+/m1/s1. The number of anilines is 5. The maximum absolute atomic E-state index is 15.0. The normalized spacial score (nSPS) is 12.1. The molecule has 5 aromatic heterocycles. The van der Waals surface area contributed by atoms with Crippen LogP contribution in [0.3, 0.4) is 0 Å². The van der Waals surface area contributed by atoms with E-state index in [1.807, 2.05) is 120 Å². The molecule has 0 fully saturated rings. The van der Waals surface area contributed by atoms with Gasteiger partial charge in [0.25, 0.3) is 0 Å². The van der Waals surface area contributed by atoms with Crippen LogP contribution in [0.1, 0.15) is 122 Å². The number of nitrogens with two attached hydrogens (primary N) is 1. The predicted octanol–water partition coefficient (Wildman–Crippen LogP) is 5.35. The van der Waals surface area contributed by atoms with E-state index in [2.05, 4.69) is 56.8 Å². The Bertz CT molecular complexity index is 3140. The van der Waals surface area contributed by atoms with Gasteiger partial charge in [-0.05, 0) is 125 Å². The topological polar surface area (TPSA) is 332 Å². The van der Waals surface area contributed by atoms with Gasteiger partial charge in [-0.15, -0.1) is 0 Å². The van der Waals surface area contributed by atoms with E-state index in [0.29, 0.717) is 110 Å². The minimum Gasteiger partial charge on any atom is -0.374 e. The molecule has 0 unspecified atom stereocenters. The van der Waals surface area contributed by atoms with Crippen molar-refractivity contribution in [1.82, 2.24) is 56.8 Å². The van der Waals surface area contributed by atoms with E-state index >= 15 is 0 Å². The highest BCUT2D eigenvalue weighted by atomic mass is 16.2. The number of unbranched alkanes of at least 4 members (excludes halogenated alkanes) is 4. The molecule has 0 aliphatic heterocycles. The molecular formula is C71H103N17O9. The fourth-order valence-corrected chi connectivity index (χ4v) is 10.9. The van der Waals surface area contributed by atoms with E-state index in [0.717, 1.165) is 28.4 Å². The maximum Gasteiger partial charge on any atom is 0.224 e. The number of hydrogen-bond donors (Lipinski definition) is 7. The van der Waals surface area contributed by atoms with Gasteiger partial charge in [0.1, 0.15) is 0 Å². The number of nitrogens with one attached hydrogen (secondary N) is 6. The van der Waals surface area contributed by atoms with Crippen molar-refractivity contribution in [3.05, 3.63) is 123 Å². The summed E-state index contributed by atoms with van der Waals surface area (Å²) in [6, 6.07) is 16.4. The lowest BCUT2D eigenvalue weighted by molar-refractivity contribution is -0.134. The first-order valence-electron chi connectivity index (χ1n) is 33.9. The van der Waals surface area contributed by atoms with Crippen molar-refractivity contribution in [2.24, 2.45) is 17.6 Å². The second-order valence-electron chi connectivity index (χ2n) is 24.6. The number of carbonyl (C=O) groups is 9. The minimum absolute atomic E-state index is 0.0500. The summed E-state index contributed by atoms with van der Waals surface area (Å²) in [5.41, 5.74) is 10.5. The second-order valence-corrected chi connectivity index (χ2v) is 24.6. The van der Waals surface area contributed by atoms with Crippen molar-refractivity contribution in [2.75, 3.05) is 119 Å². The number of aromatic nitrogens is 5. The molecule has 0 bridgehead atoms. The minimum atomic E-state index is -1.11. The van der Waals surface area contributed by atoms with Crippen LogP contribution in [0.25, 0.3) is 0 Å². The van der Waals surface area contributed by atoms with Crippen molar-refractivity contribution in [2.45, 2.75) is 134 Å². The summed E-state index contributed by atoms with van der Waals surface area (Å²) in [7, 11) is 9.42. The molecule has 0 aliphatic carbocycles. The van der Waals surface area contributed by atoms with Crippen LogP contribution < -0.4 is 62.1 Å². The van der Waals surface area contributed by atoms with Crippen molar-refractivity contribution >= 4 is 81.4 Å². The summed E-state index contributed by atoms with van der Waals surface area (Å²) >= 11 is 0. The summed E-state index contributed by atoms with van der Waals surface area (Å²) in [6.45, 7) is 3.52. The van der Waals surface area contributed by atoms with E-state index in [-0.39, 0.29) is 100 Å². The molecular weight excluding hydrogens is 1230 g/mol. The third-order valence-electron chi connectivity index (χ3n) is 17.1. The van der Waals surface area contributed by atoms with Gasteiger partial charge in [0, 0.05) is 241 Å². The highest BCUT2D eigenvalue weighted by molar-refractivity contribution is 5.95. The molecule has 0 saturated heterocycles. The molecule has 7 amide bonds. The number of amides is 7. The van der Waals surface area contributed by atoms with Gasteiger partial charge in [-0.3, -0.25) is 68.1 Å². The van der Waals surface area contributed by atoms with E-state index in [1.165, 1.54) is 0 Å². The van der Waals surface area contributed by atoms with E-state index < -0.39 is 47.3 Å². The molecule has 0 aromatic carbocycles. The smallest absolute Gasteiger partial charge is 0.224 e. The first kappa shape index (κ1) is 78.1. The first-order valence-corrected chi connectivity index (χ1v) is 33.9. The molecule has 526 valence electrons. The third-order valence-corrected chi connectivity index (χ3v) is 17.1. The predicted molar refractivity (Wildman–Crippen MR) is 377 cm³/mol. The van der Waals surface area contributed by atoms with Gasteiger partial charge in [0.05, 0.1) is 12.1 Å². The van der Waals surface area contributed by atoms with Crippen LogP contribution in [0.15, 0.2) is 123 Å². The van der Waals surface area contributed by atoms with Crippen molar-refractivity contribution in [3.63, 3.8) is 0 Å². The Morgan fingerprint density at radius 3 is 0.876 bits per heavy atom. The van der Waals surface area contributed by atoms with E-state index in [1.54, 1.807) is 62.0 Å². The zero-order valence-electron chi connectivity index (χ0n) is 57.4. The monoisotopic (exact) mass is 1340 g/mol.